The van der Waals surface area contributed by atoms with Crippen LogP contribution in [-0.2, 0) is 0 Å². The summed E-state index contributed by atoms with van der Waals surface area (Å²) in [5, 5.41) is 2.07. The van der Waals surface area contributed by atoms with Gasteiger partial charge in [0.1, 0.15) is 5.76 Å². The molecule has 0 aromatic carbocycles. The molecule has 1 unspecified atom stereocenters. The lowest BCUT2D eigenvalue weighted by molar-refractivity contribution is 0.520. The smallest absolute Gasteiger partial charge is 0.105 e. The molecule has 0 amide bonds. The molecule has 3 N–H and O–H groups in total. The molecule has 2 heterocycles. The predicted octanol–water partition coefficient (Wildman–Crippen LogP) is 2.51. The van der Waals surface area contributed by atoms with E-state index >= 15 is 0 Å². The number of nitrogens with two attached hydrogens (primary N) is 1. The fourth-order valence-electron chi connectivity index (χ4n) is 1.68. The van der Waals surface area contributed by atoms with E-state index in [2.05, 4.69) is 23.8 Å². The van der Waals surface area contributed by atoms with E-state index in [1.165, 1.54) is 10.4 Å². The highest BCUT2D eigenvalue weighted by atomic mass is 32.1. The third-order valence-corrected chi connectivity index (χ3v) is 3.62. The molecule has 0 spiro atoms. The standard InChI is InChI=1S/C11H14N2OS/c1-7-4-6-15-11(7)10(13-12)9-3-5-14-8(9)2/h3-6,10,13H,12H2,1-2H3. The monoisotopic (exact) mass is 222 g/mol. The number of hydrogen-bond acceptors (Lipinski definition) is 4. The summed E-state index contributed by atoms with van der Waals surface area (Å²) in [4.78, 5) is 1.24. The molecule has 0 radical (unpaired) electrons. The van der Waals surface area contributed by atoms with Crippen molar-refractivity contribution in [2.24, 2.45) is 5.84 Å². The third kappa shape index (κ3) is 1.84. The van der Waals surface area contributed by atoms with Crippen LogP contribution in [0.25, 0.3) is 0 Å². The van der Waals surface area contributed by atoms with Gasteiger partial charge in [0.25, 0.3) is 0 Å². The molecular weight excluding hydrogens is 208 g/mol. The lowest BCUT2D eigenvalue weighted by atomic mass is 10.0. The van der Waals surface area contributed by atoms with E-state index in [4.69, 9.17) is 10.3 Å². The zero-order valence-electron chi connectivity index (χ0n) is 8.78. The maximum Gasteiger partial charge on any atom is 0.105 e. The fourth-order valence-corrected chi connectivity index (χ4v) is 2.68. The summed E-state index contributed by atoms with van der Waals surface area (Å²) in [7, 11) is 0. The molecule has 2 aromatic rings. The van der Waals surface area contributed by atoms with Crippen LogP contribution in [0.1, 0.15) is 27.8 Å². The number of hydrogen-bond donors (Lipinski definition) is 2. The van der Waals surface area contributed by atoms with E-state index < -0.39 is 0 Å². The van der Waals surface area contributed by atoms with Crippen LogP contribution in [-0.4, -0.2) is 0 Å². The van der Waals surface area contributed by atoms with Gasteiger partial charge in [-0.3, -0.25) is 5.84 Å². The average molecular weight is 222 g/mol. The van der Waals surface area contributed by atoms with Crippen molar-refractivity contribution >= 4 is 11.3 Å². The lowest BCUT2D eigenvalue weighted by Gasteiger charge is -2.14. The van der Waals surface area contributed by atoms with Gasteiger partial charge in [-0.25, -0.2) is 5.43 Å². The van der Waals surface area contributed by atoms with Gasteiger partial charge < -0.3 is 4.42 Å². The summed E-state index contributed by atoms with van der Waals surface area (Å²) in [6, 6.07) is 4.09. The Kier molecular flexibility index (Phi) is 2.90. The van der Waals surface area contributed by atoms with Crippen LogP contribution >= 0.6 is 11.3 Å². The van der Waals surface area contributed by atoms with Gasteiger partial charge in [-0.05, 0) is 36.9 Å². The van der Waals surface area contributed by atoms with Crippen molar-refractivity contribution in [2.75, 3.05) is 0 Å². The molecule has 2 rings (SSSR count). The van der Waals surface area contributed by atoms with Crippen molar-refractivity contribution < 1.29 is 4.42 Å². The maximum absolute atomic E-state index is 5.61. The molecule has 0 saturated carbocycles. The summed E-state index contributed by atoms with van der Waals surface area (Å²) in [5.74, 6) is 6.52. The predicted molar refractivity (Wildman–Crippen MR) is 61.7 cm³/mol. The SMILES string of the molecule is Cc1ccsc1C(NN)c1ccoc1C. The number of thiophene rings is 1. The molecule has 0 bridgehead atoms. The molecule has 0 aliphatic heterocycles. The highest BCUT2D eigenvalue weighted by Gasteiger charge is 2.19. The van der Waals surface area contributed by atoms with Crippen molar-refractivity contribution in [1.29, 1.82) is 0 Å². The molecule has 80 valence electrons. The third-order valence-electron chi connectivity index (χ3n) is 2.54. The Labute approximate surface area is 92.9 Å². The van der Waals surface area contributed by atoms with Crippen LogP contribution in [0, 0.1) is 13.8 Å². The minimum absolute atomic E-state index is 0.0312. The van der Waals surface area contributed by atoms with E-state index in [1.807, 2.05) is 13.0 Å². The van der Waals surface area contributed by atoms with Crippen molar-refractivity contribution in [2.45, 2.75) is 19.9 Å². The number of aryl methyl sites for hydroxylation is 2. The van der Waals surface area contributed by atoms with Crippen molar-refractivity contribution in [3.63, 3.8) is 0 Å². The van der Waals surface area contributed by atoms with Crippen LogP contribution in [0.2, 0.25) is 0 Å². The first-order valence-electron chi connectivity index (χ1n) is 4.78. The summed E-state index contributed by atoms with van der Waals surface area (Å²) in [6.45, 7) is 4.04. The Hall–Kier alpha value is -1.10. The average Bonchev–Trinajstić information content (AvgIpc) is 2.80. The minimum Gasteiger partial charge on any atom is -0.469 e. The Bertz CT molecular complexity index is 407. The molecule has 1 atom stereocenters. The molecule has 15 heavy (non-hydrogen) atoms. The van der Waals surface area contributed by atoms with Crippen LogP contribution in [0.4, 0.5) is 0 Å². The Morgan fingerprint density at radius 3 is 2.67 bits per heavy atom. The summed E-state index contributed by atoms with van der Waals surface area (Å²) in [5.41, 5.74) is 5.19. The first-order chi connectivity index (χ1) is 7.24. The lowest BCUT2D eigenvalue weighted by Crippen LogP contribution is -2.28. The van der Waals surface area contributed by atoms with E-state index in [9.17, 15) is 0 Å². The van der Waals surface area contributed by atoms with Gasteiger partial charge in [-0.2, -0.15) is 0 Å². The van der Waals surface area contributed by atoms with Crippen LogP contribution in [0.5, 0.6) is 0 Å². The van der Waals surface area contributed by atoms with E-state index in [0.29, 0.717) is 0 Å². The molecule has 0 fully saturated rings. The van der Waals surface area contributed by atoms with E-state index in [-0.39, 0.29) is 6.04 Å². The second kappa shape index (κ2) is 4.18. The van der Waals surface area contributed by atoms with Gasteiger partial charge in [-0.15, -0.1) is 11.3 Å². The number of nitrogens with one attached hydrogen (secondary N) is 1. The normalized spacial score (nSPS) is 13.0. The number of hydrazine groups is 1. The van der Waals surface area contributed by atoms with Gasteiger partial charge in [-0.1, -0.05) is 0 Å². The Morgan fingerprint density at radius 2 is 2.20 bits per heavy atom. The molecular formula is C11H14N2OS. The summed E-state index contributed by atoms with van der Waals surface area (Å²) in [6.07, 6.45) is 1.69. The van der Waals surface area contributed by atoms with Gasteiger partial charge >= 0.3 is 0 Å². The molecule has 0 aliphatic carbocycles. The van der Waals surface area contributed by atoms with Gasteiger partial charge in [0.05, 0.1) is 12.3 Å². The van der Waals surface area contributed by atoms with Crippen LogP contribution in [0.3, 0.4) is 0 Å². The van der Waals surface area contributed by atoms with Crippen molar-refractivity contribution in [1.82, 2.24) is 5.43 Å². The topological polar surface area (TPSA) is 51.2 Å². The Morgan fingerprint density at radius 1 is 1.40 bits per heavy atom. The Balaban J connectivity index is 2.41. The van der Waals surface area contributed by atoms with Crippen molar-refractivity contribution in [3.8, 4) is 0 Å². The quantitative estimate of drug-likeness (QED) is 0.619. The second-order valence-corrected chi connectivity index (χ2v) is 4.45. The minimum atomic E-state index is 0.0312. The highest BCUT2D eigenvalue weighted by molar-refractivity contribution is 7.10. The van der Waals surface area contributed by atoms with Crippen molar-refractivity contribution in [3.05, 3.63) is 45.5 Å². The first kappa shape index (κ1) is 10.4. The van der Waals surface area contributed by atoms with Crippen LogP contribution < -0.4 is 11.3 Å². The molecule has 0 saturated heterocycles. The molecule has 0 aliphatic rings. The largest absolute Gasteiger partial charge is 0.469 e. The second-order valence-electron chi connectivity index (χ2n) is 3.50. The van der Waals surface area contributed by atoms with E-state index in [0.717, 1.165) is 11.3 Å². The highest BCUT2D eigenvalue weighted by Crippen LogP contribution is 2.30. The summed E-state index contributed by atoms with van der Waals surface area (Å²) >= 11 is 1.70. The van der Waals surface area contributed by atoms with Gasteiger partial charge in [0.15, 0.2) is 0 Å². The zero-order chi connectivity index (χ0) is 10.8. The fraction of sp³-hybridized carbons (Fsp3) is 0.273. The molecule has 3 nitrogen and oxygen atoms in total. The van der Waals surface area contributed by atoms with E-state index in [1.54, 1.807) is 17.6 Å². The molecule has 4 heteroatoms. The van der Waals surface area contributed by atoms with Gasteiger partial charge in [0, 0.05) is 10.4 Å². The molecule has 2 aromatic heterocycles. The number of furan rings is 1. The van der Waals surface area contributed by atoms with Gasteiger partial charge in [0.2, 0.25) is 0 Å². The number of rotatable bonds is 3. The maximum atomic E-state index is 5.61. The zero-order valence-corrected chi connectivity index (χ0v) is 9.60. The summed E-state index contributed by atoms with van der Waals surface area (Å²) < 4.78 is 5.29. The first-order valence-corrected chi connectivity index (χ1v) is 5.66. The van der Waals surface area contributed by atoms with Crippen LogP contribution in [0.15, 0.2) is 28.2 Å².